The van der Waals surface area contributed by atoms with Crippen molar-refractivity contribution in [1.82, 2.24) is 5.32 Å². The van der Waals surface area contributed by atoms with Crippen molar-refractivity contribution < 1.29 is 14.3 Å². The topological polar surface area (TPSA) is 67.4 Å². The van der Waals surface area contributed by atoms with Gasteiger partial charge in [-0.3, -0.25) is 9.59 Å². The fourth-order valence-electron chi connectivity index (χ4n) is 2.20. The highest BCUT2D eigenvalue weighted by Crippen LogP contribution is 2.28. The van der Waals surface area contributed by atoms with E-state index < -0.39 is 6.10 Å². The lowest BCUT2D eigenvalue weighted by Gasteiger charge is -2.17. The van der Waals surface area contributed by atoms with Crippen molar-refractivity contribution in [1.29, 1.82) is 0 Å². The third kappa shape index (κ3) is 4.65. The minimum absolute atomic E-state index is 0.217. The molecule has 0 aliphatic rings. The maximum Gasteiger partial charge on any atom is 0.265 e. The maximum atomic E-state index is 12.4. The summed E-state index contributed by atoms with van der Waals surface area (Å²) in [5.41, 5.74) is 1.71. The predicted octanol–water partition coefficient (Wildman–Crippen LogP) is 4.07. The summed E-state index contributed by atoms with van der Waals surface area (Å²) in [7, 11) is 1.55. The summed E-state index contributed by atoms with van der Waals surface area (Å²) in [5, 5.41) is 6.14. The summed E-state index contributed by atoms with van der Waals surface area (Å²) >= 11 is 11.9. The molecular weight excluding hydrogens is 363 g/mol. The summed E-state index contributed by atoms with van der Waals surface area (Å²) in [6.07, 6.45) is -0.790. The van der Waals surface area contributed by atoms with Gasteiger partial charge in [-0.25, -0.2) is 0 Å². The fourth-order valence-corrected chi connectivity index (χ4v) is 2.65. The van der Waals surface area contributed by atoms with Crippen molar-refractivity contribution >= 4 is 40.7 Å². The molecule has 25 heavy (non-hydrogen) atoms. The average molecular weight is 381 g/mol. The van der Waals surface area contributed by atoms with Crippen molar-refractivity contribution in [3.8, 4) is 5.75 Å². The molecule has 0 heterocycles. The van der Waals surface area contributed by atoms with E-state index in [1.54, 1.807) is 57.3 Å². The van der Waals surface area contributed by atoms with Crippen molar-refractivity contribution in [3.05, 3.63) is 57.6 Å². The zero-order valence-corrected chi connectivity index (χ0v) is 15.5. The van der Waals surface area contributed by atoms with Gasteiger partial charge in [-0.2, -0.15) is 0 Å². The third-order valence-electron chi connectivity index (χ3n) is 3.63. The molecule has 2 rings (SSSR count). The van der Waals surface area contributed by atoms with Crippen LogP contribution in [0.5, 0.6) is 5.75 Å². The lowest BCUT2D eigenvalue weighted by Crippen LogP contribution is -2.30. The van der Waals surface area contributed by atoms with Gasteiger partial charge in [-0.15, -0.1) is 0 Å². The number of hydrogen-bond acceptors (Lipinski definition) is 3. The fraction of sp³-hybridized carbons (Fsp3) is 0.222. The number of nitrogens with one attached hydrogen (secondary N) is 2. The van der Waals surface area contributed by atoms with Crippen molar-refractivity contribution in [2.75, 3.05) is 12.4 Å². The number of carbonyl (C=O) groups is 2. The first-order chi connectivity index (χ1) is 11.8. The molecule has 0 spiro atoms. The molecule has 0 fully saturated rings. The number of anilines is 1. The monoisotopic (exact) mass is 380 g/mol. The van der Waals surface area contributed by atoms with Crippen molar-refractivity contribution in [2.45, 2.75) is 20.0 Å². The molecule has 0 bridgehead atoms. The molecule has 1 unspecified atom stereocenters. The Balaban J connectivity index is 2.12. The van der Waals surface area contributed by atoms with Gasteiger partial charge >= 0.3 is 0 Å². The van der Waals surface area contributed by atoms with Crippen LogP contribution in [0.2, 0.25) is 10.0 Å². The van der Waals surface area contributed by atoms with Crippen LogP contribution in [0.1, 0.15) is 22.8 Å². The van der Waals surface area contributed by atoms with Crippen LogP contribution >= 0.6 is 23.2 Å². The molecule has 0 aliphatic carbocycles. The standard InChI is InChI=1S/C18H18Cl2N2O3/c1-10-13(18(24)21-3)5-4-6-15(10)22-17(23)11(2)25-16-8-7-12(19)9-14(16)20/h4-9,11H,1-3H3,(H,21,24)(H,22,23). The van der Waals surface area contributed by atoms with Crippen LogP contribution < -0.4 is 15.4 Å². The van der Waals surface area contributed by atoms with Crippen molar-refractivity contribution in [3.63, 3.8) is 0 Å². The molecular formula is C18H18Cl2N2O3. The Morgan fingerprint density at radius 2 is 1.88 bits per heavy atom. The van der Waals surface area contributed by atoms with Gasteiger partial charge in [0.05, 0.1) is 5.02 Å². The number of rotatable bonds is 5. The second kappa shape index (κ2) is 8.23. The van der Waals surface area contributed by atoms with Gasteiger partial charge in [-0.1, -0.05) is 29.3 Å². The molecule has 132 valence electrons. The van der Waals surface area contributed by atoms with Gasteiger partial charge in [-0.05, 0) is 49.7 Å². The third-order valence-corrected chi connectivity index (χ3v) is 4.16. The predicted molar refractivity (Wildman–Crippen MR) is 99.8 cm³/mol. The first-order valence-electron chi connectivity index (χ1n) is 7.57. The minimum Gasteiger partial charge on any atom is -0.479 e. The zero-order chi connectivity index (χ0) is 18.6. The average Bonchev–Trinajstić information content (AvgIpc) is 2.58. The smallest absolute Gasteiger partial charge is 0.265 e. The van der Waals surface area contributed by atoms with E-state index in [2.05, 4.69) is 10.6 Å². The highest BCUT2D eigenvalue weighted by atomic mass is 35.5. The highest BCUT2D eigenvalue weighted by Gasteiger charge is 2.18. The molecule has 2 amide bonds. The van der Waals surface area contributed by atoms with E-state index in [9.17, 15) is 9.59 Å². The molecule has 0 aliphatic heterocycles. The number of benzene rings is 2. The summed E-state index contributed by atoms with van der Waals surface area (Å²) in [5.74, 6) is -0.210. The van der Waals surface area contributed by atoms with E-state index >= 15 is 0 Å². The molecule has 2 aromatic rings. The SMILES string of the molecule is CNC(=O)c1cccc(NC(=O)C(C)Oc2ccc(Cl)cc2Cl)c1C. The van der Waals surface area contributed by atoms with E-state index in [-0.39, 0.29) is 11.8 Å². The summed E-state index contributed by atoms with van der Waals surface area (Å²) in [6, 6.07) is 9.89. The Kier molecular flexibility index (Phi) is 6.28. The second-order valence-corrected chi connectivity index (χ2v) is 6.22. The van der Waals surface area contributed by atoms with Gasteiger partial charge < -0.3 is 15.4 Å². The summed E-state index contributed by atoms with van der Waals surface area (Å²) in [6.45, 7) is 3.37. The number of halogens is 2. The van der Waals surface area contributed by atoms with Crippen LogP contribution in [-0.2, 0) is 4.79 Å². The van der Waals surface area contributed by atoms with Gasteiger partial charge in [0.1, 0.15) is 5.75 Å². The van der Waals surface area contributed by atoms with Crippen LogP contribution in [0.25, 0.3) is 0 Å². The van der Waals surface area contributed by atoms with Crippen LogP contribution in [0.4, 0.5) is 5.69 Å². The van der Waals surface area contributed by atoms with E-state index in [0.717, 1.165) is 0 Å². The highest BCUT2D eigenvalue weighted by molar-refractivity contribution is 6.35. The Morgan fingerprint density at radius 3 is 2.52 bits per heavy atom. The molecule has 7 heteroatoms. The second-order valence-electron chi connectivity index (χ2n) is 5.38. The number of hydrogen-bond donors (Lipinski definition) is 2. The van der Waals surface area contributed by atoms with E-state index in [0.29, 0.717) is 32.6 Å². The number of ether oxygens (including phenoxy) is 1. The first-order valence-corrected chi connectivity index (χ1v) is 8.33. The first kappa shape index (κ1) is 19.1. The number of carbonyl (C=O) groups excluding carboxylic acids is 2. The van der Waals surface area contributed by atoms with E-state index in [1.165, 1.54) is 0 Å². The van der Waals surface area contributed by atoms with Crippen LogP contribution in [0.15, 0.2) is 36.4 Å². The molecule has 0 radical (unpaired) electrons. The molecule has 0 saturated carbocycles. The summed E-state index contributed by atoms with van der Waals surface area (Å²) in [4.78, 5) is 24.2. The molecule has 5 nitrogen and oxygen atoms in total. The normalized spacial score (nSPS) is 11.6. The Hall–Kier alpha value is -2.24. The molecule has 0 aromatic heterocycles. The van der Waals surface area contributed by atoms with Gasteiger partial charge in [0, 0.05) is 23.3 Å². The lowest BCUT2D eigenvalue weighted by molar-refractivity contribution is -0.122. The quantitative estimate of drug-likeness (QED) is 0.821. The van der Waals surface area contributed by atoms with E-state index in [1.807, 2.05) is 0 Å². The molecule has 2 N–H and O–H groups in total. The molecule has 2 aromatic carbocycles. The lowest BCUT2D eigenvalue weighted by atomic mass is 10.1. The minimum atomic E-state index is -0.790. The Morgan fingerprint density at radius 1 is 1.16 bits per heavy atom. The van der Waals surface area contributed by atoms with Crippen LogP contribution in [0.3, 0.4) is 0 Å². The Bertz CT molecular complexity index is 809. The van der Waals surface area contributed by atoms with Crippen molar-refractivity contribution in [2.24, 2.45) is 0 Å². The van der Waals surface area contributed by atoms with Gasteiger partial charge in [0.15, 0.2) is 6.10 Å². The zero-order valence-electron chi connectivity index (χ0n) is 14.0. The number of amides is 2. The largest absolute Gasteiger partial charge is 0.479 e. The maximum absolute atomic E-state index is 12.4. The van der Waals surface area contributed by atoms with Gasteiger partial charge in [0.2, 0.25) is 0 Å². The molecule has 1 atom stereocenters. The Labute approximate surface area is 156 Å². The summed E-state index contributed by atoms with van der Waals surface area (Å²) < 4.78 is 5.59. The van der Waals surface area contributed by atoms with Crippen LogP contribution in [-0.4, -0.2) is 25.0 Å². The van der Waals surface area contributed by atoms with E-state index in [4.69, 9.17) is 27.9 Å². The molecule has 0 saturated heterocycles. The van der Waals surface area contributed by atoms with Crippen LogP contribution in [0, 0.1) is 6.92 Å². The van der Waals surface area contributed by atoms with Gasteiger partial charge in [0.25, 0.3) is 11.8 Å².